The molecule has 1 rings (SSSR count). The fourth-order valence-electron chi connectivity index (χ4n) is 2.71. The summed E-state index contributed by atoms with van der Waals surface area (Å²) in [5.41, 5.74) is 7.45. The second-order valence-electron chi connectivity index (χ2n) is 5.60. The van der Waals surface area contributed by atoms with Crippen molar-refractivity contribution in [3.05, 3.63) is 35.4 Å². The molecule has 1 atom stereocenters. The molecule has 0 radical (unpaired) electrons. The quantitative estimate of drug-likeness (QED) is 0.686. The van der Waals surface area contributed by atoms with E-state index in [1.807, 2.05) is 0 Å². The SMILES string of the molecule is CCCCCCC(CC)(NC(N)=O)c1ccc(C)cc1. The first kappa shape index (κ1) is 16.5. The van der Waals surface area contributed by atoms with Gasteiger partial charge in [-0.3, -0.25) is 0 Å². The Morgan fingerprint density at radius 3 is 2.30 bits per heavy atom. The minimum absolute atomic E-state index is 0.326. The molecule has 3 heteroatoms. The number of hydrogen-bond acceptors (Lipinski definition) is 1. The topological polar surface area (TPSA) is 55.1 Å². The van der Waals surface area contributed by atoms with E-state index in [1.54, 1.807) is 0 Å². The lowest BCUT2D eigenvalue weighted by Gasteiger charge is -2.34. The number of carbonyl (C=O) groups excluding carboxylic acids is 1. The third-order valence-corrected chi connectivity index (χ3v) is 4.03. The van der Waals surface area contributed by atoms with Crippen LogP contribution in [0.25, 0.3) is 0 Å². The Labute approximate surface area is 122 Å². The molecule has 0 heterocycles. The van der Waals surface area contributed by atoms with E-state index in [1.165, 1.54) is 24.8 Å². The summed E-state index contributed by atoms with van der Waals surface area (Å²) in [4.78, 5) is 11.4. The molecule has 0 saturated heterocycles. The number of carbonyl (C=O) groups is 1. The van der Waals surface area contributed by atoms with Crippen molar-refractivity contribution < 1.29 is 4.79 Å². The molecule has 1 aromatic carbocycles. The second kappa shape index (κ2) is 7.93. The van der Waals surface area contributed by atoms with Gasteiger partial charge in [0.05, 0.1) is 5.54 Å². The van der Waals surface area contributed by atoms with Gasteiger partial charge >= 0.3 is 6.03 Å². The summed E-state index contributed by atoms with van der Waals surface area (Å²) in [6, 6.07) is 7.95. The van der Waals surface area contributed by atoms with Gasteiger partial charge in [0.25, 0.3) is 0 Å². The molecule has 0 bridgehead atoms. The summed E-state index contributed by atoms with van der Waals surface area (Å²) in [5, 5.41) is 2.99. The van der Waals surface area contributed by atoms with E-state index in [0.717, 1.165) is 24.8 Å². The first-order valence-corrected chi connectivity index (χ1v) is 7.69. The van der Waals surface area contributed by atoms with Crippen molar-refractivity contribution in [2.75, 3.05) is 0 Å². The van der Waals surface area contributed by atoms with Gasteiger partial charge in [0, 0.05) is 0 Å². The van der Waals surface area contributed by atoms with Crippen molar-refractivity contribution in [1.29, 1.82) is 0 Å². The first-order chi connectivity index (χ1) is 9.54. The Balaban J connectivity index is 2.91. The molecule has 1 unspecified atom stereocenters. The number of aryl methyl sites for hydroxylation is 1. The minimum atomic E-state index is -0.442. The molecule has 0 aliphatic rings. The van der Waals surface area contributed by atoms with Gasteiger partial charge in [-0.15, -0.1) is 0 Å². The normalized spacial score (nSPS) is 13.8. The monoisotopic (exact) mass is 276 g/mol. The summed E-state index contributed by atoms with van der Waals surface area (Å²) in [6.07, 6.45) is 6.55. The highest BCUT2D eigenvalue weighted by Gasteiger charge is 2.30. The van der Waals surface area contributed by atoms with Crippen molar-refractivity contribution >= 4 is 6.03 Å². The summed E-state index contributed by atoms with van der Waals surface area (Å²) >= 11 is 0. The number of primary amides is 1. The third kappa shape index (κ3) is 4.55. The van der Waals surface area contributed by atoms with Crippen LogP contribution < -0.4 is 11.1 Å². The highest BCUT2D eigenvalue weighted by molar-refractivity contribution is 5.73. The van der Waals surface area contributed by atoms with Gasteiger partial charge in [0.1, 0.15) is 0 Å². The van der Waals surface area contributed by atoms with Crippen LogP contribution in [0.4, 0.5) is 4.79 Å². The van der Waals surface area contributed by atoms with E-state index < -0.39 is 6.03 Å². The average Bonchev–Trinajstić information content (AvgIpc) is 2.42. The predicted octanol–water partition coefficient (Wildman–Crippen LogP) is 4.24. The number of hydrogen-bond donors (Lipinski definition) is 2. The summed E-state index contributed by atoms with van der Waals surface area (Å²) in [7, 11) is 0. The van der Waals surface area contributed by atoms with Crippen LogP contribution in [0.15, 0.2) is 24.3 Å². The van der Waals surface area contributed by atoms with Crippen molar-refractivity contribution in [2.45, 2.75) is 64.8 Å². The zero-order valence-corrected chi connectivity index (χ0v) is 13.0. The number of nitrogens with two attached hydrogens (primary N) is 1. The van der Waals surface area contributed by atoms with Crippen LogP contribution in [0.2, 0.25) is 0 Å². The van der Waals surface area contributed by atoms with E-state index >= 15 is 0 Å². The highest BCUT2D eigenvalue weighted by Crippen LogP contribution is 2.31. The van der Waals surface area contributed by atoms with Crippen LogP contribution in [0, 0.1) is 6.92 Å². The van der Waals surface area contributed by atoms with Crippen molar-refractivity contribution in [3.63, 3.8) is 0 Å². The van der Waals surface area contributed by atoms with Gasteiger partial charge in [-0.2, -0.15) is 0 Å². The molecule has 0 fully saturated rings. The lowest BCUT2D eigenvalue weighted by atomic mass is 9.82. The lowest BCUT2D eigenvalue weighted by molar-refractivity contribution is 0.225. The molecule has 0 aliphatic carbocycles. The third-order valence-electron chi connectivity index (χ3n) is 4.03. The molecule has 112 valence electrons. The van der Waals surface area contributed by atoms with E-state index in [9.17, 15) is 4.79 Å². The Bertz CT molecular complexity index is 414. The zero-order chi connectivity index (χ0) is 15.0. The smallest absolute Gasteiger partial charge is 0.312 e. The molecular weight excluding hydrogens is 248 g/mol. The van der Waals surface area contributed by atoms with Crippen LogP contribution in [0.3, 0.4) is 0 Å². The van der Waals surface area contributed by atoms with E-state index in [0.29, 0.717) is 0 Å². The van der Waals surface area contributed by atoms with E-state index in [2.05, 4.69) is 50.4 Å². The zero-order valence-electron chi connectivity index (χ0n) is 13.0. The Kier molecular flexibility index (Phi) is 6.56. The standard InChI is InChI=1S/C17H28N2O/c1-4-6-7-8-13-17(5-2,19-16(18)20)15-11-9-14(3)10-12-15/h9-12H,4-8,13H2,1-3H3,(H3,18,19,20). The van der Waals surface area contributed by atoms with Gasteiger partial charge < -0.3 is 11.1 Å². The van der Waals surface area contributed by atoms with Crippen LogP contribution in [-0.2, 0) is 5.54 Å². The molecule has 0 aromatic heterocycles. The number of rotatable bonds is 8. The van der Waals surface area contributed by atoms with E-state index in [4.69, 9.17) is 5.73 Å². The molecule has 0 spiro atoms. The molecule has 2 amide bonds. The van der Waals surface area contributed by atoms with Crippen molar-refractivity contribution in [1.82, 2.24) is 5.32 Å². The highest BCUT2D eigenvalue weighted by atomic mass is 16.2. The van der Waals surface area contributed by atoms with Gasteiger partial charge in [0.15, 0.2) is 0 Å². The fourth-order valence-corrected chi connectivity index (χ4v) is 2.71. The Morgan fingerprint density at radius 1 is 1.15 bits per heavy atom. The number of benzene rings is 1. The number of unbranched alkanes of at least 4 members (excludes halogenated alkanes) is 3. The maximum absolute atomic E-state index is 11.4. The maximum atomic E-state index is 11.4. The van der Waals surface area contributed by atoms with Crippen LogP contribution in [-0.4, -0.2) is 6.03 Å². The summed E-state index contributed by atoms with van der Waals surface area (Å²) in [5.74, 6) is 0. The van der Waals surface area contributed by atoms with Gasteiger partial charge in [0.2, 0.25) is 0 Å². The van der Waals surface area contributed by atoms with Gasteiger partial charge in [-0.25, -0.2) is 4.79 Å². The molecular formula is C17H28N2O. The van der Waals surface area contributed by atoms with Gasteiger partial charge in [-0.05, 0) is 25.3 Å². The molecule has 3 N–H and O–H groups in total. The molecule has 20 heavy (non-hydrogen) atoms. The average molecular weight is 276 g/mol. The molecule has 0 saturated carbocycles. The van der Waals surface area contributed by atoms with Crippen LogP contribution in [0.5, 0.6) is 0 Å². The minimum Gasteiger partial charge on any atom is -0.352 e. The van der Waals surface area contributed by atoms with Crippen molar-refractivity contribution in [2.24, 2.45) is 5.73 Å². The predicted molar refractivity (Wildman–Crippen MR) is 84.6 cm³/mol. The summed E-state index contributed by atoms with van der Waals surface area (Å²) < 4.78 is 0. The lowest BCUT2D eigenvalue weighted by Crippen LogP contribution is -2.48. The molecule has 0 aliphatic heterocycles. The van der Waals surface area contributed by atoms with Crippen molar-refractivity contribution in [3.8, 4) is 0 Å². The van der Waals surface area contributed by atoms with E-state index in [-0.39, 0.29) is 5.54 Å². The largest absolute Gasteiger partial charge is 0.352 e. The second-order valence-corrected chi connectivity index (χ2v) is 5.60. The van der Waals surface area contributed by atoms with Gasteiger partial charge in [-0.1, -0.05) is 69.4 Å². The van der Waals surface area contributed by atoms with Crippen LogP contribution in [0.1, 0.15) is 63.5 Å². The Morgan fingerprint density at radius 2 is 1.80 bits per heavy atom. The first-order valence-electron chi connectivity index (χ1n) is 7.69. The summed E-state index contributed by atoms with van der Waals surface area (Å²) in [6.45, 7) is 6.38. The number of nitrogens with one attached hydrogen (secondary N) is 1. The van der Waals surface area contributed by atoms with Crippen LogP contribution >= 0.6 is 0 Å². The Hall–Kier alpha value is -1.51. The maximum Gasteiger partial charge on any atom is 0.312 e. The molecule has 3 nitrogen and oxygen atoms in total. The number of urea groups is 1. The fraction of sp³-hybridized carbons (Fsp3) is 0.588. The molecule has 1 aromatic rings. The number of amides is 2.